The first kappa shape index (κ1) is 11.8. The summed E-state index contributed by atoms with van der Waals surface area (Å²) in [6.45, 7) is 4.93. The summed E-state index contributed by atoms with van der Waals surface area (Å²) in [4.78, 5) is 0.981. The Balaban J connectivity index is 2.19. The zero-order valence-corrected chi connectivity index (χ0v) is 11.4. The first-order valence-electron chi connectivity index (χ1n) is 5.03. The SMILES string of the molecule is CCNC(C)c1nnc(-c2ccc(Br)s2)o1. The Morgan fingerprint density at radius 2 is 2.31 bits per heavy atom. The van der Waals surface area contributed by atoms with Crippen LogP contribution in [0.3, 0.4) is 0 Å². The molecule has 0 bridgehead atoms. The quantitative estimate of drug-likeness (QED) is 0.942. The zero-order valence-electron chi connectivity index (χ0n) is 9.03. The molecule has 0 aliphatic carbocycles. The van der Waals surface area contributed by atoms with Gasteiger partial charge in [-0.15, -0.1) is 21.5 Å². The summed E-state index contributed by atoms with van der Waals surface area (Å²) in [7, 11) is 0. The van der Waals surface area contributed by atoms with Gasteiger partial charge >= 0.3 is 0 Å². The molecule has 0 aromatic carbocycles. The second-order valence-corrected chi connectivity index (χ2v) is 5.79. The average molecular weight is 302 g/mol. The van der Waals surface area contributed by atoms with Crippen LogP contribution < -0.4 is 5.32 Å². The van der Waals surface area contributed by atoms with Crippen LogP contribution in [0, 0.1) is 0 Å². The lowest BCUT2D eigenvalue weighted by Gasteiger charge is -2.05. The highest BCUT2D eigenvalue weighted by atomic mass is 79.9. The van der Waals surface area contributed by atoms with Gasteiger partial charge in [-0.25, -0.2) is 0 Å². The van der Waals surface area contributed by atoms with E-state index in [0.717, 1.165) is 15.2 Å². The van der Waals surface area contributed by atoms with Crippen LogP contribution in [0.1, 0.15) is 25.8 Å². The van der Waals surface area contributed by atoms with E-state index in [9.17, 15) is 0 Å². The second-order valence-electron chi connectivity index (χ2n) is 3.33. The van der Waals surface area contributed by atoms with Gasteiger partial charge in [-0.05, 0) is 41.5 Å². The van der Waals surface area contributed by atoms with E-state index in [-0.39, 0.29) is 6.04 Å². The highest BCUT2D eigenvalue weighted by molar-refractivity contribution is 9.11. The van der Waals surface area contributed by atoms with E-state index in [1.54, 1.807) is 11.3 Å². The summed E-state index contributed by atoms with van der Waals surface area (Å²) in [6, 6.07) is 4.02. The third-order valence-electron chi connectivity index (χ3n) is 2.11. The van der Waals surface area contributed by atoms with Crippen molar-refractivity contribution >= 4 is 27.3 Å². The molecule has 1 unspecified atom stereocenters. The maximum Gasteiger partial charge on any atom is 0.257 e. The smallest absolute Gasteiger partial charge is 0.257 e. The van der Waals surface area contributed by atoms with Crippen LogP contribution in [-0.4, -0.2) is 16.7 Å². The Morgan fingerprint density at radius 1 is 1.50 bits per heavy atom. The van der Waals surface area contributed by atoms with Crippen molar-refractivity contribution in [3.63, 3.8) is 0 Å². The van der Waals surface area contributed by atoms with Gasteiger partial charge in [0.1, 0.15) is 0 Å². The van der Waals surface area contributed by atoms with Gasteiger partial charge in [0, 0.05) is 0 Å². The molecule has 1 N–H and O–H groups in total. The first-order chi connectivity index (χ1) is 7.70. The number of thiophene rings is 1. The van der Waals surface area contributed by atoms with Gasteiger partial charge in [0.25, 0.3) is 5.89 Å². The van der Waals surface area contributed by atoms with Crippen LogP contribution in [0.2, 0.25) is 0 Å². The molecular weight excluding hydrogens is 290 g/mol. The molecule has 2 rings (SSSR count). The van der Waals surface area contributed by atoms with Crippen LogP contribution >= 0.6 is 27.3 Å². The second kappa shape index (κ2) is 5.07. The number of aromatic nitrogens is 2. The Morgan fingerprint density at radius 3 is 2.94 bits per heavy atom. The Labute approximate surface area is 106 Å². The molecular formula is C10H12BrN3OS. The summed E-state index contributed by atoms with van der Waals surface area (Å²) < 4.78 is 6.66. The Bertz CT molecular complexity index is 468. The fourth-order valence-electron chi connectivity index (χ4n) is 1.33. The van der Waals surface area contributed by atoms with Gasteiger partial charge in [-0.2, -0.15) is 0 Å². The summed E-state index contributed by atoms with van der Waals surface area (Å²) in [5, 5.41) is 11.3. The fraction of sp³-hybridized carbons (Fsp3) is 0.400. The van der Waals surface area contributed by atoms with Crippen molar-refractivity contribution < 1.29 is 4.42 Å². The van der Waals surface area contributed by atoms with Crippen molar-refractivity contribution in [2.24, 2.45) is 0 Å². The van der Waals surface area contributed by atoms with Gasteiger partial charge in [0.15, 0.2) is 0 Å². The third-order valence-corrected chi connectivity index (χ3v) is 3.72. The minimum atomic E-state index is 0.0923. The van der Waals surface area contributed by atoms with E-state index in [4.69, 9.17) is 4.42 Å². The standard InChI is InChI=1S/C10H12BrN3OS/c1-3-12-6(2)9-13-14-10(15-9)7-4-5-8(11)16-7/h4-6,12H,3H2,1-2H3. The van der Waals surface area contributed by atoms with Crippen LogP contribution in [0.25, 0.3) is 10.8 Å². The molecule has 1 atom stereocenters. The van der Waals surface area contributed by atoms with Crippen molar-refractivity contribution in [1.82, 2.24) is 15.5 Å². The average Bonchev–Trinajstić information content (AvgIpc) is 2.85. The number of nitrogens with zero attached hydrogens (tertiary/aromatic N) is 2. The molecule has 2 aromatic rings. The lowest BCUT2D eigenvalue weighted by molar-refractivity contribution is 0.429. The molecule has 0 spiro atoms. The summed E-state index contributed by atoms with van der Waals surface area (Å²) in [6.07, 6.45) is 0. The number of halogens is 1. The molecule has 86 valence electrons. The molecule has 0 radical (unpaired) electrons. The lowest BCUT2D eigenvalue weighted by Crippen LogP contribution is -2.17. The molecule has 2 heterocycles. The molecule has 0 fully saturated rings. The van der Waals surface area contributed by atoms with E-state index in [0.29, 0.717) is 11.8 Å². The van der Waals surface area contributed by atoms with E-state index < -0.39 is 0 Å². The Kier molecular flexibility index (Phi) is 3.73. The number of rotatable bonds is 4. The molecule has 0 amide bonds. The normalized spacial score (nSPS) is 12.9. The first-order valence-corrected chi connectivity index (χ1v) is 6.64. The molecule has 2 aromatic heterocycles. The fourth-order valence-corrected chi connectivity index (χ4v) is 2.64. The summed E-state index contributed by atoms with van der Waals surface area (Å²) >= 11 is 4.99. The number of nitrogens with one attached hydrogen (secondary N) is 1. The third kappa shape index (κ3) is 2.50. The summed E-state index contributed by atoms with van der Waals surface area (Å²) in [5.41, 5.74) is 0. The van der Waals surface area contributed by atoms with Crippen LogP contribution in [0.15, 0.2) is 20.3 Å². The molecule has 6 heteroatoms. The molecule has 16 heavy (non-hydrogen) atoms. The van der Waals surface area contributed by atoms with E-state index in [1.165, 1.54) is 0 Å². The molecule has 0 saturated heterocycles. The van der Waals surface area contributed by atoms with E-state index >= 15 is 0 Å². The van der Waals surface area contributed by atoms with Crippen molar-refractivity contribution in [2.75, 3.05) is 6.54 Å². The van der Waals surface area contributed by atoms with Crippen molar-refractivity contribution in [3.8, 4) is 10.8 Å². The molecule has 4 nitrogen and oxygen atoms in total. The molecule has 0 aliphatic rings. The highest BCUT2D eigenvalue weighted by Gasteiger charge is 2.14. The molecule has 0 saturated carbocycles. The lowest BCUT2D eigenvalue weighted by atomic mass is 10.3. The van der Waals surface area contributed by atoms with Crippen molar-refractivity contribution in [1.29, 1.82) is 0 Å². The predicted octanol–water partition coefficient (Wildman–Crippen LogP) is 3.23. The Hall–Kier alpha value is -0.720. The maximum absolute atomic E-state index is 5.60. The van der Waals surface area contributed by atoms with Crippen LogP contribution in [-0.2, 0) is 0 Å². The highest BCUT2D eigenvalue weighted by Crippen LogP contribution is 2.30. The predicted molar refractivity (Wildman–Crippen MR) is 67.4 cm³/mol. The monoisotopic (exact) mass is 301 g/mol. The number of hydrogen-bond acceptors (Lipinski definition) is 5. The van der Waals surface area contributed by atoms with Crippen LogP contribution in [0.4, 0.5) is 0 Å². The largest absolute Gasteiger partial charge is 0.418 e. The van der Waals surface area contributed by atoms with Crippen LogP contribution in [0.5, 0.6) is 0 Å². The van der Waals surface area contributed by atoms with Gasteiger partial charge in [0.05, 0.1) is 14.7 Å². The summed E-state index contributed by atoms with van der Waals surface area (Å²) in [5.74, 6) is 1.21. The topological polar surface area (TPSA) is 51.0 Å². The minimum Gasteiger partial charge on any atom is -0.418 e. The number of hydrogen-bond donors (Lipinski definition) is 1. The van der Waals surface area contributed by atoms with Crippen molar-refractivity contribution in [2.45, 2.75) is 19.9 Å². The van der Waals surface area contributed by atoms with Crippen molar-refractivity contribution in [3.05, 3.63) is 21.8 Å². The van der Waals surface area contributed by atoms with Gasteiger partial charge in [-0.3, -0.25) is 0 Å². The van der Waals surface area contributed by atoms with Gasteiger partial charge in [-0.1, -0.05) is 6.92 Å². The van der Waals surface area contributed by atoms with E-state index in [2.05, 4.69) is 31.4 Å². The minimum absolute atomic E-state index is 0.0923. The van der Waals surface area contributed by atoms with Gasteiger partial charge in [0.2, 0.25) is 5.89 Å². The maximum atomic E-state index is 5.60. The molecule has 0 aliphatic heterocycles. The van der Waals surface area contributed by atoms with E-state index in [1.807, 2.05) is 26.0 Å². The van der Waals surface area contributed by atoms with Gasteiger partial charge < -0.3 is 9.73 Å². The zero-order chi connectivity index (χ0) is 11.5.